The molecule has 68 valence electrons. The molecule has 4 nitrogen and oxygen atoms in total. The number of nitrogens with two attached hydrogens (primary N) is 1. The molecule has 12 heavy (non-hydrogen) atoms. The molecule has 5 heteroatoms. The number of rotatable bonds is 3. The van der Waals surface area contributed by atoms with Gasteiger partial charge in [-0.25, -0.2) is 5.90 Å². The molecule has 1 rings (SSSR count). The predicted octanol–water partition coefficient (Wildman–Crippen LogP) is 0.902. The van der Waals surface area contributed by atoms with Gasteiger partial charge in [-0.15, -0.1) is 12.4 Å². The zero-order valence-corrected chi connectivity index (χ0v) is 7.50. The van der Waals surface area contributed by atoms with Gasteiger partial charge in [0.25, 0.3) is 0 Å². The molecule has 0 bridgehead atoms. The van der Waals surface area contributed by atoms with Crippen molar-refractivity contribution in [2.75, 3.05) is 7.11 Å². The van der Waals surface area contributed by atoms with E-state index in [0.29, 0.717) is 6.61 Å². The van der Waals surface area contributed by atoms with Crippen molar-refractivity contribution in [1.82, 2.24) is 4.98 Å². The lowest BCUT2D eigenvalue weighted by Gasteiger charge is -2.00. The average Bonchev–Trinajstić information content (AvgIpc) is 2.06. The third kappa shape index (κ3) is 3.04. The molecule has 1 aromatic heterocycles. The van der Waals surface area contributed by atoms with Crippen molar-refractivity contribution in [2.45, 2.75) is 6.61 Å². The Kier molecular flexibility index (Phi) is 5.36. The molecule has 0 saturated heterocycles. The number of nitrogens with zero attached hydrogens (tertiary/aromatic N) is 1. The van der Waals surface area contributed by atoms with Crippen LogP contribution in [0.3, 0.4) is 0 Å². The number of halogens is 1. The van der Waals surface area contributed by atoms with Crippen LogP contribution < -0.4 is 10.6 Å². The number of methoxy groups -OCH3 is 1. The molecule has 0 aliphatic heterocycles. The minimum Gasteiger partial charge on any atom is -0.497 e. The lowest BCUT2D eigenvalue weighted by atomic mass is 10.3. The maximum atomic E-state index is 4.96. The molecule has 0 saturated carbocycles. The van der Waals surface area contributed by atoms with Gasteiger partial charge >= 0.3 is 0 Å². The van der Waals surface area contributed by atoms with Gasteiger partial charge in [0.1, 0.15) is 12.4 Å². The number of ether oxygens (including phenoxy) is 1. The Bertz CT molecular complexity index is 232. The van der Waals surface area contributed by atoms with E-state index in [9.17, 15) is 0 Å². The average molecular weight is 191 g/mol. The molecule has 2 N–H and O–H groups in total. The van der Waals surface area contributed by atoms with Gasteiger partial charge in [0.05, 0.1) is 12.8 Å². The second kappa shape index (κ2) is 5.77. The van der Waals surface area contributed by atoms with Gasteiger partial charge in [0.15, 0.2) is 0 Å². The summed E-state index contributed by atoms with van der Waals surface area (Å²) in [6.07, 6.45) is 1.65. The lowest BCUT2D eigenvalue weighted by molar-refractivity contribution is 0.121. The Morgan fingerprint density at radius 1 is 1.58 bits per heavy atom. The van der Waals surface area contributed by atoms with Crippen LogP contribution in [0.25, 0.3) is 0 Å². The van der Waals surface area contributed by atoms with Crippen LogP contribution in [0.5, 0.6) is 5.75 Å². The van der Waals surface area contributed by atoms with Gasteiger partial charge < -0.3 is 4.74 Å². The summed E-state index contributed by atoms with van der Waals surface area (Å²) in [6.45, 7) is 0.303. The standard InChI is InChI=1S/C7H10N2O2.ClH/c1-10-7-2-3-9-6(4-7)5-11-8;/h2-4H,5,8H2,1H3;1H. The minimum atomic E-state index is 0. The molecular weight excluding hydrogens is 180 g/mol. The van der Waals surface area contributed by atoms with Crippen LogP contribution in [0.2, 0.25) is 0 Å². The maximum absolute atomic E-state index is 4.96. The normalized spacial score (nSPS) is 8.83. The van der Waals surface area contributed by atoms with E-state index in [0.717, 1.165) is 11.4 Å². The first kappa shape index (κ1) is 11.2. The van der Waals surface area contributed by atoms with E-state index in [1.165, 1.54) is 0 Å². The summed E-state index contributed by atoms with van der Waals surface area (Å²) in [5, 5.41) is 0. The summed E-state index contributed by atoms with van der Waals surface area (Å²) in [7, 11) is 1.60. The molecule has 1 heterocycles. The lowest BCUT2D eigenvalue weighted by Crippen LogP contribution is -2.00. The highest BCUT2D eigenvalue weighted by Gasteiger charge is 1.95. The topological polar surface area (TPSA) is 57.4 Å². The quantitative estimate of drug-likeness (QED) is 0.720. The molecule has 0 unspecified atom stereocenters. The molecule has 0 fully saturated rings. The fourth-order valence-corrected chi connectivity index (χ4v) is 0.747. The Morgan fingerprint density at radius 2 is 2.33 bits per heavy atom. The van der Waals surface area contributed by atoms with Gasteiger partial charge in [0.2, 0.25) is 0 Å². The molecule has 0 aliphatic carbocycles. The highest BCUT2D eigenvalue weighted by molar-refractivity contribution is 5.85. The second-order valence-electron chi connectivity index (χ2n) is 2.00. The van der Waals surface area contributed by atoms with Crippen LogP contribution in [0.4, 0.5) is 0 Å². The van der Waals surface area contributed by atoms with E-state index in [2.05, 4.69) is 9.82 Å². The van der Waals surface area contributed by atoms with Crippen molar-refractivity contribution in [3.63, 3.8) is 0 Å². The largest absolute Gasteiger partial charge is 0.497 e. The third-order valence-electron chi connectivity index (χ3n) is 1.25. The zero-order valence-electron chi connectivity index (χ0n) is 6.69. The van der Waals surface area contributed by atoms with Gasteiger partial charge in [-0.1, -0.05) is 0 Å². The van der Waals surface area contributed by atoms with Gasteiger partial charge in [0, 0.05) is 12.3 Å². The van der Waals surface area contributed by atoms with E-state index >= 15 is 0 Å². The van der Waals surface area contributed by atoms with E-state index in [4.69, 9.17) is 10.6 Å². The third-order valence-corrected chi connectivity index (χ3v) is 1.25. The zero-order chi connectivity index (χ0) is 8.10. The SMILES string of the molecule is COc1ccnc(CON)c1.Cl. The van der Waals surface area contributed by atoms with Crippen molar-refractivity contribution in [3.8, 4) is 5.75 Å². The summed E-state index contributed by atoms with van der Waals surface area (Å²) in [5.74, 6) is 5.63. The van der Waals surface area contributed by atoms with Crippen molar-refractivity contribution in [3.05, 3.63) is 24.0 Å². The van der Waals surface area contributed by atoms with E-state index < -0.39 is 0 Å². The van der Waals surface area contributed by atoms with Crippen molar-refractivity contribution < 1.29 is 9.57 Å². The summed E-state index contributed by atoms with van der Waals surface area (Å²) < 4.78 is 4.96. The minimum absolute atomic E-state index is 0. The number of pyridine rings is 1. The van der Waals surface area contributed by atoms with Gasteiger partial charge in [-0.2, -0.15) is 0 Å². The van der Waals surface area contributed by atoms with Crippen molar-refractivity contribution in [1.29, 1.82) is 0 Å². The Labute approximate surface area is 77.1 Å². The molecule has 0 amide bonds. The maximum Gasteiger partial charge on any atom is 0.122 e. The number of aromatic nitrogens is 1. The highest BCUT2D eigenvalue weighted by Crippen LogP contribution is 2.09. The number of hydrogen-bond donors (Lipinski definition) is 1. The molecule has 0 spiro atoms. The monoisotopic (exact) mass is 190 g/mol. The molecule has 0 radical (unpaired) electrons. The fourth-order valence-electron chi connectivity index (χ4n) is 0.747. The van der Waals surface area contributed by atoms with Gasteiger partial charge in [-0.05, 0) is 6.07 Å². The van der Waals surface area contributed by atoms with E-state index in [1.54, 1.807) is 25.4 Å². The number of hydrogen-bond acceptors (Lipinski definition) is 4. The van der Waals surface area contributed by atoms with Crippen LogP contribution in [-0.2, 0) is 11.4 Å². The summed E-state index contributed by atoms with van der Waals surface area (Å²) in [5.41, 5.74) is 0.756. The molecule has 0 aromatic carbocycles. The van der Waals surface area contributed by atoms with Gasteiger partial charge in [-0.3, -0.25) is 9.82 Å². The first-order valence-corrected chi connectivity index (χ1v) is 3.17. The first-order valence-electron chi connectivity index (χ1n) is 3.17. The summed E-state index contributed by atoms with van der Waals surface area (Å²) >= 11 is 0. The highest BCUT2D eigenvalue weighted by atomic mass is 35.5. The Balaban J connectivity index is 0.00000121. The van der Waals surface area contributed by atoms with Crippen LogP contribution in [0.15, 0.2) is 18.3 Å². The van der Waals surface area contributed by atoms with Crippen molar-refractivity contribution in [2.24, 2.45) is 5.90 Å². The van der Waals surface area contributed by atoms with Crippen LogP contribution in [0.1, 0.15) is 5.69 Å². The Hall–Kier alpha value is -0.840. The van der Waals surface area contributed by atoms with E-state index in [-0.39, 0.29) is 12.4 Å². The van der Waals surface area contributed by atoms with Crippen LogP contribution in [-0.4, -0.2) is 12.1 Å². The second-order valence-corrected chi connectivity index (χ2v) is 2.00. The molecule has 0 aliphatic rings. The fraction of sp³-hybridized carbons (Fsp3) is 0.286. The summed E-state index contributed by atoms with van der Waals surface area (Å²) in [4.78, 5) is 8.40. The van der Waals surface area contributed by atoms with Crippen molar-refractivity contribution >= 4 is 12.4 Å². The predicted molar refractivity (Wildman–Crippen MR) is 47.0 cm³/mol. The first-order chi connectivity index (χ1) is 5.36. The molecule has 0 atom stereocenters. The van der Waals surface area contributed by atoms with E-state index in [1.807, 2.05) is 0 Å². The smallest absolute Gasteiger partial charge is 0.122 e. The molecule has 1 aromatic rings. The molecular formula is C7H11ClN2O2. The summed E-state index contributed by atoms with van der Waals surface area (Å²) in [6, 6.07) is 3.53. The Morgan fingerprint density at radius 3 is 2.92 bits per heavy atom. The van der Waals surface area contributed by atoms with Crippen LogP contribution in [0, 0.1) is 0 Å². The van der Waals surface area contributed by atoms with Crippen LogP contribution >= 0.6 is 12.4 Å².